The van der Waals surface area contributed by atoms with Crippen LogP contribution in [0.5, 0.6) is 0 Å². The number of nitrogens with zero attached hydrogens (tertiary/aromatic N) is 4. The molecule has 12 rings (SSSR count). The molecule has 9 aromatic carbocycles. The monoisotopic (exact) mass is 818 g/mol. The first kappa shape index (κ1) is 37.5. The van der Waals surface area contributed by atoms with Crippen molar-refractivity contribution in [2.75, 3.05) is 0 Å². The molecule has 4 heteroatoms. The number of hydrogen-bond donors (Lipinski definition) is 0. The SMILES string of the molecule is CC1(C)c2ccccc2-c2c(-c3ccc4c(c3)c3cc(-c5cc(-c6ccccc6)cc(-c6nc(-c7ccccc7)nc(-c7ccccc7)n6)c5)ccc3n4-c3ccccc3)cccc21. The zero-order valence-corrected chi connectivity index (χ0v) is 35.6. The summed E-state index contributed by atoms with van der Waals surface area (Å²) in [6.45, 7) is 4.70. The minimum atomic E-state index is -0.0784. The van der Waals surface area contributed by atoms with E-state index in [0.717, 1.165) is 50.1 Å². The third kappa shape index (κ3) is 6.26. The fourth-order valence-electron chi connectivity index (χ4n) is 9.88. The van der Waals surface area contributed by atoms with E-state index >= 15 is 0 Å². The summed E-state index contributed by atoms with van der Waals surface area (Å²) in [6.07, 6.45) is 0. The average molecular weight is 819 g/mol. The van der Waals surface area contributed by atoms with E-state index in [1.165, 1.54) is 49.7 Å². The van der Waals surface area contributed by atoms with Crippen molar-refractivity contribution in [1.82, 2.24) is 19.5 Å². The minimum absolute atomic E-state index is 0.0784. The van der Waals surface area contributed by atoms with Gasteiger partial charge in [-0.1, -0.05) is 178 Å². The van der Waals surface area contributed by atoms with Gasteiger partial charge in [0.25, 0.3) is 0 Å². The molecule has 302 valence electrons. The van der Waals surface area contributed by atoms with Crippen LogP contribution in [0.4, 0.5) is 0 Å². The Hall–Kier alpha value is -8.21. The molecule has 4 nitrogen and oxygen atoms in total. The van der Waals surface area contributed by atoms with E-state index < -0.39 is 0 Å². The summed E-state index contributed by atoms with van der Waals surface area (Å²) in [5, 5.41) is 2.40. The highest BCUT2D eigenvalue weighted by Crippen LogP contribution is 2.52. The molecule has 0 aliphatic heterocycles. The first-order chi connectivity index (χ1) is 31.5. The summed E-state index contributed by atoms with van der Waals surface area (Å²) < 4.78 is 2.40. The number of para-hydroxylation sites is 1. The largest absolute Gasteiger partial charge is 0.309 e. The summed E-state index contributed by atoms with van der Waals surface area (Å²) in [5.74, 6) is 1.90. The first-order valence-electron chi connectivity index (χ1n) is 21.9. The van der Waals surface area contributed by atoms with Crippen LogP contribution in [0.25, 0.3) is 106 Å². The van der Waals surface area contributed by atoms with E-state index in [2.05, 4.69) is 200 Å². The number of hydrogen-bond acceptors (Lipinski definition) is 3. The fourth-order valence-corrected chi connectivity index (χ4v) is 9.88. The normalized spacial score (nSPS) is 12.7. The molecule has 2 aromatic heterocycles. The van der Waals surface area contributed by atoms with Gasteiger partial charge in [0.15, 0.2) is 17.5 Å². The fraction of sp³-hybridized carbons (Fsp3) is 0.0500. The lowest BCUT2D eigenvalue weighted by Gasteiger charge is -2.21. The second-order valence-corrected chi connectivity index (χ2v) is 17.2. The number of rotatable bonds is 7. The minimum Gasteiger partial charge on any atom is -0.309 e. The van der Waals surface area contributed by atoms with E-state index in [-0.39, 0.29) is 5.41 Å². The van der Waals surface area contributed by atoms with E-state index in [1.54, 1.807) is 0 Å². The van der Waals surface area contributed by atoms with E-state index in [9.17, 15) is 0 Å². The van der Waals surface area contributed by atoms with Crippen LogP contribution < -0.4 is 0 Å². The van der Waals surface area contributed by atoms with Crippen molar-refractivity contribution >= 4 is 21.8 Å². The zero-order chi connectivity index (χ0) is 42.8. The molecule has 2 heterocycles. The van der Waals surface area contributed by atoms with Gasteiger partial charge < -0.3 is 4.57 Å². The quantitative estimate of drug-likeness (QED) is 0.161. The van der Waals surface area contributed by atoms with Gasteiger partial charge >= 0.3 is 0 Å². The van der Waals surface area contributed by atoms with Gasteiger partial charge in [-0.2, -0.15) is 0 Å². The highest BCUT2D eigenvalue weighted by atomic mass is 15.0. The molecule has 0 atom stereocenters. The van der Waals surface area contributed by atoms with Crippen molar-refractivity contribution in [2.24, 2.45) is 0 Å². The second-order valence-electron chi connectivity index (χ2n) is 17.2. The standard InChI is InChI=1S/C60H42N4/c1-60(2)52-28-16-15-26-49(52)56-48(27-17-29-53(56)60)43-31-33-55-51(38-43)50-37-42(30-32-54(50)64(55)47-24-13-6-14-25-47)45-34-44(39-18-7-3-8-19-39)35-46(36-45)59-62-57(40-20-9-4-10-21-40)61-58(63-59)41-22-11-5-12-23-41/h3-38H,1-2H3. The topological polar surface area (TPSA) is 43.6 Å². The molecular weight excluding hydrogens is 777 g/mol. The third-order valence-corrected chi connectivity index (χ3v) is 13.0. The van der Waals surface area contributed by atoms with Crippen LogP contribution in [0.1, 0.15) is 25.0 Å². The van der Waals surface area contributed by atoms with E-state index in [1.807, 2.05) is 36.4 Å². The lowest BCUT2D eigenvalue weighted by molar-refractivity contribution is 0.660. The smallest absolute Gasteiger partial charge is 0.164 e. The Morgan fingerprint density at radius 3 is 1.41 bits per heavy atom. The molecular formula is C60H42N4. The van der Waals surface area contributed by atoms with Crippen molar-refractivity contribution in [3.05, 3.63) is 230 Å². The van der Waals surface area contributed by atoms with Crippen molar-refractivity contribution in [2.45, 2.75) is 19.3 Å². The van der Waals surface area contributed by atoms with Crippen molar-refractivity contribution in [3.8, 4) is 84.4 Å². The Labute approximate surface area is 372 Å². The molecule has 0 N–H and O–H groups in total. The van der Waals surface area contributed by atoms with Crippen LogP contribution >= 0.6 is 0 Å². The van der Waals surface area contributed by atoms with Crippen molar-refractivity contribution < 1.29 is 0 Å². The summed E-state index contributed by atoms with van der Waals surface area (Å²) in [7, 11) is 0. The van der Waals surface area contributed by atoms with Crippen molar-refractivity contribution in [3.63, 3.8) is 0 Å². The van der Waals surface area contributed by atoms with Crippen molar-refractivity contribution in [1.29, 1.82) is 0 Å². The first-order valence-corrected chi connectivity index (χ1v) is 21.9. The Morgan fingerprint density at radius 2 is 0.781 bits per heavy atom. The zero-order valence-electron chi connectivity index (χ0n) is 35.6. The number of aromatic nitrogens is 4. The van der Waals surface area contributed by atoms with Gasteiger partial charge in [-0.25, -0.2) is 15.0 Å². The van der Waals surface area contributed by atoms with Gasteiger partial charge in [-0.3, -0.25) is 0 Å². The number of benzene rings is 9. The Bertz CT molecular complexity index is 3500. The highest BCUT2D eigenvalue weighted by Gasteiger charge is 2.36. The summed E-state index contributed by atoms with van der Waals surface area (Å²) in [6, 6.07) is 78.1. The van der Waals surface area contributed by atoms with Gasteiger partial charge in [0.2, 0.25) is 0 Å². The molecule has 0 saturated carbocycles. The molecule has 11 aromatic rings. The molecule has 64 heavy (non-hydrogen) atoms. The van der Waals surface area contributed by atoms with E-state index in [4.69, 9.17) is 15.0 Å². The molecule has 0 saturated heterocycles. The third-order valence-electron chi connectivity index (χ3n) is 13.0. The van der Waals surface area contributed by atoms with Gasteiger partial charge in [0.05, 0.1) is 11.0 Å². The van der Waals surface area contributed by atoms with E-state index in [0.29, 0.717) is 17.5 Å². The predicted molar refractivity (Wildman–Crippen MR) is 264 cm³/mol. The molecule has 0 radical (unpaired) electrons. The van der Waals surface area contributed by atoms with Crippen LogP contribution in [0.2, 0.25) is 0 Å². The van der Waals surface area contributed by atoms with Crippen LogP contribution in [0.3, 0.4) is 0 Å². The lowest BCUT2D eigenvalue weighted by Crippen LogP contribution is -2.14. The average Bonchev–Trinajstić information content (AvgIpc) is 3.82. The number of fused-ring (bicyclic) bond motifs is 6. The van der Waals surface area contributed by atoms with Gasteiger partial charge in [0, 0.05) is 38.6 Å². The van der Waals surface area contributed by atoms with Crippen LogP contribution in [0, 0.1) is 0 Å². The molecule has 0 amide bonds. The maximum atomic E-state index is 5.16. The molecule has 0 bridgehead atoms. The highest BCUT2D eigenvalue weighted by molar-refractivity contribution is 6.12. The maximum Gasteiger partial charge on any atom is 0.164 e. The molecule has 1 aliphatic rings. The van der Waals surface area contributed by atoms with Crippen LogP contribution in [-0.2, 0) is 5.41 Å². The second kappa shape index (κ2) is 15.0. The van der Waals surface area contributed by atoms with Crippen LogP contribution in [-0.4, -0.2) is 19.5 Å². The Morgan fingerprint density at radius 1 is 0.328 bits per heavy atom. The summed E-state index contributed by atoms with van der Waals surface area (Å²) in [5.41, 5.74) is 18.5. The van der Waals surface area contributed by atoms with Gasteiger partial charge in [0.1, 0.15) is 0 Å². The predicted octanol–water partition coefficient (Wildman–Crippen LogP) is 15.3. The van der Waals surface area contributed by atoms with Crippen LogP contribution in [0.15, 0.2) is 218 Å². The summed E-state index contributed by atoms with van der Waals surface area (Å²) >= 11 is 0. The Kier molecular flexibility index (Phi) is 8.80. The Balaban J connectivity index is 1.08. The lowest BCUT2D eigenvalue weighted by atomic mass is 9.82. The molecule has 0 spiro atoms. The van der Waals surface area contributed by atoms with Gasteiger partial charge in [-0.05, 0) is 110 Å². The molecule has 0 unspecified atom stereocenters. The maximum absolute atomic E-state index is 5.16. The van der Waals surface area contributed by atoms with Gasteiger partial charge in [-0.15, -0.1) is 0 Å². The molecule has 1 aliphatic carbocycles. The molecule has 0 fully saturated rings. The summed E-state index contributed by atoms with van der Waals surface area (Å²) in [4.78, 5) is 15.3.